The van der Waals surface area contributed by atoms with Gasteiger partial charge in [-0.05, 0) is 44.2 Å². The van der Waals surface area contributed by atoms with E-state index < -0.39 is 16.3 Å². The molecule has 2 aliphatic heterocycles. The zero-order valence-electron chi connectivity index (χ0n) is 13.0. The van der Waals surface area contributed by atoms with Crippen molar-refractivity contribution in [2.24, 2.45) is 5.92 Å². The average molecular weight is 325 g/mol. The number of piperidine rings is 1. The number of nitrogens with zero attached hydrogens (tertiary/aromatic N) is 1. The minimum atomic E-state index is -3.53. The second-order valence-corrected chi connectivity index (χ2v) is 8.39. The van der Waals surface area contributed by atoms with Crippen LogP contribution in [0.2, 0.25) is 0 Å². The van der Waals surface area contributed by atoms with Crippen LogP contribution in [-0.4, -0.2) is 42.8 Å². The highest BCUT2D eigenvalue weighted by atomic mass is 32.2. The summed E-state index contributed by atoms with van der Waals surface area (Å²) in [5.41, 5.74) is 1.04. The first-order chi connectivity index (χ1) is 10.4. The van der Waals surface area contributed by atoms with Crippen LogP contribution >= 0.6 is 0 Å². The Hall–Kier alpha value is -0.950. The third kappa shape index (κ3) is 2.93. The van der Waals surface area contributed by atoms with Crippen LogP contribution in [0, 0.1) is 12.8 Å². The van der Waals surface area contributed by atoms with Crippen LogP contribution < -0.4 is 0 Å². The zero-order valence-corrected chi connectivity index (χ0v) is 13.8. The summed E-state index contributed by atoms with van der Waals surface area (Å²) in [6, 6.07) is 6.79. The molecule has 4 atom stereocenters. The first-order valence-corrected chi connectivity index (χ1v) is 9.24. The quantitative estimate of drug-likeness (QED) is 0.902. The summed E-state index contributed by atoms with van der Waals surface area (Å²) in [6.45, 7) is 4.47. The van der Waals surface area contributed by atoms with Gasteiger partial charge in [0.2, 0.25) is 10.0 Å². The molecule has 122 valence electrons. The van der Waals surface area contributed by atoms with E-state index in [-0.39, 0.29) is 18.1 Å². The fourth-order valence-corrected chi connectivity index (χ4v) is 5.24. The summed E-state index contributed by atoms with van der Waals surface area (Å²) >= 11 is 0. The first-order valence-electron chi connectivity index (χ1n) is 7.80. The van der Waals surface area contributed by atoms with E-state index in [1.807, 2.05) is 26.0 Å². The van der Waals surface area contributed by atoms with Crippen LogP contribution in [0.3, 0.4) is 0 Å². The summed E-state index contributed by atoms with van der Waals surface area (Å²) in [4.78, 5) is 0.331. The molecule has 5 nitrogen and oxygen atoms in total. The molecule has 1 unspecified atom stereocenters. The van der Waals surface area contributed by atoms with Crippen molar-refractivity contribution in [2.75, 3.05) is 6.54 Å². The van der Waals surface area contributed by atoms with Crippen LogP contribution in [0.25, 0.3) is 0 Å². The van der Waals surface area contributed by atoms with Crippen molar-refractivity contribution in [3.63, 3.8) is 0 Å². The number of ether oxygens (including phenoxy) is 1. The Morgan fingerprint density at radius 2 is 1.91 bits per heavy atom. The number of aliphatic hydroxyl groups is 1. The fourth-order valence-electron chi connectivity index (χ4n) is 3.44. The van der Waals surface area contributed by atoms with Crippen molar-refractivity contribution < 1.29 is 18.3 Å². The molecule has 2 aliphatic rings. The molecule has 0 aliphatic carbocycles. The van der Waals surface area contributed by atoms with Gasteiger partial charge in [0.25, 0.3) is 0 Å². The van der Waals surface area contributed by atoms with Gasteiger partial charge in [-0.1, -0.05) is 24.6 Å². The Kier molecular flexibility index (Phi) is 4.29. The van der Waals surface area contributed by atoms with Gasteiger partial charge in [0.15, 0.2) is 6.29 Å². The number of aryl methyl sites for hydroxylation is 1. The highest BCUT2D eigenvalue weighted by molar-refractivity contribution is 7.89. The Morgan fingerprint density at radius 1 is 1.23 bits per heavy atom. The van der Waals surface area contributed by atoms with Crippen molar-refractivity contribution in [1.82, 2.24) is 4.31 Å². The van der Waals surface area contributed by atoms with Crippen molar-refractivity contribution in [2.45, 2.75) is 56.4 Å². The van der Waals surface area contributed by atoms with Crippen molar-refractivity contribution in [1.29, 1.82) is 0 Å². The van der Waals surface area contributed by atoms with Crippen LogP contribution in [0.5, 0.6) is 0 Å². The minimum absolute atomic E-state index is 0.175. The summed E-state index contributed by atoms with van der Waals surface area (Å²) < 4.78 is 33.2. The Labute approximate surface area is 131 Å². The van der Waals surface area contributed by atoms with Crippen molar-refractivity contribution >= 4 is 10.0 Å². The minimum Gasteiger partial charge on any atom is -0.368 e. The third-order valence-electron chi connectivity index (χ3n) is 4.59. The molecule has 3 rings (SSSR count). The maximum Gasteiger partial charge on any atom is 0.243 e. The molecule has 2 fully saturated rings. The van der Waals surface area contributed by atoms with Crippen molar-refractivity contribution in [3.8, 4) is 0 Å². The van der Waals surface area contributed by atoms with Crippen LogP contribution in [0.1, 0.15) is 31.7 Å². The molecule has 2 heterocycles. The zero-order chi connectivity index (χ0) is 15.9. The summed E-state index contributed by atoms with van der Waals surface area (Å²) in [7, 11) is -3.53. The average Bonchev–Trinajstić information content (AvgIpc) is 2.46. The molecule has 0 bridgehead atoms. The number of aliphatic hydroxyl groups excluding tert-OH is 1. The van der Waals surface area contributed by atoms with E-state index in [4.69, 9.17) is 4.74 Å². The molecule has 0 amide bonds. The Bertz CT molecular complexity index is 626. The number of fused-ring (bicyclic) bond motifs is 1. The van der Waals surface area contributed by atoms with Gasteiger partial charge >= 0.3 is 0 Å². The highest BCUT2D eigenvalue weighted by Crippen LogP contribution is 2.35. The Balaban J connectivity index is 1.92. The predicted molar refractivity (Wildman–Crippen MR) is 82.8 cm³/mol. The van der Waals surface area contributed by atoms with Gasteiger partial charge < -0.3 is 9.84 Å². The van der Waals surface area contributed by atoms with Gasteiger partial charge in [0.05, 0.1) is 17.0 Å². The monoisotopic (exact) mass is 325 g/mol. The van der Waals surface area contributed by atoms with Gasteiger partial charge in [-0.25, -0.2) is 8.42 Å². The molecule has 1 N–H and O–H groups in total. The fraction of sp³-hybridized carbons (Fsp3) is 0.625. The van der Waals surface area contributed by atoms with Gasteiger partial charge in [-0.3, -0.25) is 0 Å². The molecule has 0 aromatic heterocycles. The van der Waals surface area contributed by atoms with E-state index in [1.54, 1.807) is 16.4 Å². The molecule has 6 heteroatoms. The molecule has 0 radical (unpaired) electrons. The van der Waals surface area contributed by atoms with E-state index >= 15 is 0 Å². The smallest absolute Gasteiger partial charge is 0.243 e. The lowest BCUT2D eigenvalue weighted by atomic mass is 9.89. The third-order valence-corrected chi connectivity index (χ3v) is 6.50. The molecule has 22 heavy (non-hydrogen) atoms. The number of sulfonamides is 1. The van der Waals surface area contributed by atoms with Crippen molar-refractivity contribution in [3.05, 3.63) is 29.8 Å². The van der Waals surface area contributed by atoms with Gasteiger partial charge in [0, 0.05) is 6.54 Å². The second-order valence-electron chi connectivity index (χ2n) is 6.50. The van der Waals surface area contributed by atoms with Gasteiger partial charge in [-0.2, -0.15) is 4.31 Å². The predicted octanol–water partition coefficient (Wildman–Crippen LogP) is 1.89. The molecule has 1 aromatic carbocycles. The lowest BCUT2D eigenvalue weighted by Crippen LogP contribution is -2.57. The highest BCUT2D eigenvalue weighted by Gasteiger charge is 2.44. The second kappa shape index (κ2) is 5.92. The number of rotatable bonds is 2. The van der Waals surface area contributed by atoms with E-state index in [1.165, 1.54) is 0 Å². The number of hydrogen-bond donors (Lipinski definition) is 1. The summed E-state index contributed by atoms with van der Waals surface area (Å²) in [6.07, 6.45) is 0.934. The topological polar surface area (TPSA) is 66.8 Å². The number of benzene rings is 1. The van der Waals surface area contributed by atoms with Gasteiger partial charge in [-0.15, -0.1) is 0 Å². The normalized spacial score (nSPS) is 33.4. The lowest BCUT2D eigenvalue weighted by molar-refractivity contribution is -0.193. The molecule has 2 saturated heterocycles. The molecular formula is C16H23NO4S. The summed E-state index contributed by atoms with van der Waals surface area (Å²) in [5.74, 6) is 0.215. The lowest BCUT2D eigenvalue weighted by Gasteiger charge is -2.46. The molecular weight excluding hydrogens is 302 g/mol. The first kappa shape index (κ1) is 15.9. The standard InChI is InChI=1S/C16H23NO4S/c1-11-3-5-13(6-4-11)22(19,20)17-10-12(2)9-15-14(17)7-8-16(18)21-15/h3-6,12,14-16,18H,7-10H2,1-2H3/t12-,14-,15+,16?/m1/s1. The van der Waals surface area contributed by atoms with E-state index in [9.17, 15) is 13.5 Å². The van der Waals surface area contributed by atoms with E-state index in [0.717, 1.165) is 12.0 Å². The van der Waals surface area contributed by atoms with Crippen LogP contribution in [0.15, 0.2) is 29.2 Å². The van der Waals surface area contributed by atoms with Crippen LogP contribution in [-0.2, 0) is 14.8 Å². The van der Waals surface area contributed by atoms with Crippen LogP contribution in [0.4, 0.5) is 0 Å². The molecule has 0 spiro atoms. The molecule has 1 aromatic rings. The number of hydrogen-bond acceptors (Lipinski definition) is 4. The maximum absolute atomic E-state index is 13.0. The summed E-state index contributed by atoms with van der Waals surface area (Å²) in [5, 5.41) is 9.68. The molecule has 0 saturated carbocycles. The SMILES string of the molecule is Cc1ccc(S(=O)(=O)N2C[C@H](C)C[C@@H]3OC(O)CC[C@H]32)cc1. The van der Waals surface area contributed by atoms with E-state index in [0.29, 0.717) is 24.3 Å². The van der Waals surface area contributed by atoms with E-state index in [2.05, 4.69) is 0 Å². The maximum atomic E-state index is 13.0. The van der Waals surface area contributed by atoms with Gasteiger partial charge in [0.1, 0.15) is 0 Å². The Morgan fingerprint density at radius 3 is 2.59 bits per heavy atom. The largest absolute Gasteiger partial charge is 0.368 e.